The van der Waals surface area contributed by atoms with Crippen molar-refractivity contribution in [1.82, 2.24) is 4.98 Å². The van der Waals surface area contributed by atoms with Gasteiger partial charge in [0.2, 0.25) is 0 Å². The second-order valence-corrected chi connectivity index (χ2v) is 9.07. The highest BCUT2D eigenvalue weighted by Crippen LogP contribution is 2.44. The predicted octanol–water partition coefficient (Wildman–Crippen LogP) is 5.43. The summed E-state index contributed by atoms with van der Waals surface area (Å²) in [5.74, 6) is -0.748. The molecule has 2 aliphatic rings. The fourth-order valence-electron chi connectivity index (χ4n) is 5.08. The fourth-order valence-corrected chi connectivity index (χ4v) is 5.08. The topological polar surface area (TPSA) is 82.6 Å². The van der Waals surface area contributed by atoms with Crippen molar-refractivity contribution in [3.63, 3.8) is 0 Å². The van der Waals surface area contributed by atoms with E-state index >= 15 is 0 Å². The smallest absolute Gasteiger partial charge is 0.300 e. The maximum atomic E-state index is 13.5. The number of hydrogen-bond acceptors (Lipinski definition) is 4. The molecule has 1 fully saturated rings. The molecule has 1 saturated heterocycles. The van der Waals surface area contributed by atoms with E-state index in [1.807, 2.05) is 73.8 Å². The van der Waals surface area contributed by atoms with Crippen LogP contribution in [0.3, 0.4) is 0 Å². The van der Waals surface area contributed by atoms with Crippen LogP contribution in [0.2, 0.25) is 0 Å². The van der Waals surface area contributed by atoms with Crippen molar-refractivity contribution in [2.45, 2.75) is 25.8 Å². The number of hydrogen-bond donors (Lipinski definition) is 2. The van der Waals surface area contributed by atoms with Gasteiger partial charge in [-0.25, -0.2) is 0 Å². The molecule has 1 aromatic heterocycles. The molecule has 0 radical (unpaired) electrons. The Morgan fingerprint density at radius 2 is 1.86 bits per heavy atom. The number of aromatic nitrogens is 1. The Hall–Kier alpha value is -4.32. The average Bonchev–Trinajstić information content (AvgIpc) is 3.42. The Labute approximate surface area is 202 Å². The lowest BCUT2D eigenvalue weighted by molar-refractivity contribution is -0.132. The minimum atomic E-state index is -0.777. The van der Waals surface area contributed by atoms with Crippen LogP contribution in [-0.4, -0.2) is 28.4 Å². The van der Waals surface area contributed by atoms with Crippen LogP contribution in [0.25, 0.3) is 16.7 Å². The van der Waals surface area contributed by atoms with Gasteiger partial charge in [-0.3, -0.25) is 14.5 Å². The van der Waals surface area contributed by atoms with Gasteiger partial charge in [-0.05, 0) is 61.7 Å². The van der Waals surface area contributed by atoms with Gasteiger partial charge in [0.05, 0.1) is 18.2 Å². The number of H-pyrrole nitrogens is 1. The molecule has 0 bridgehead atoms. The highest BCUT2D eigenvalue weighted by atomic mass is 16.5. The largest absolute Gasteiger partial charge is 0.507 e. The third-order valence-electron chi connectivity index (χ3n) is 6.85. The van der Waals surface area contributed by atoms with Crippen LogP contribution in [0, 0.1) is 6.92 Å². The summed E-state index contributed by atoms with van der Waals surface area (Å²) < 4.78 is 5.70. The summed E-state index contributed by atoms with van der Waals surface area (Å²) in [5.41, 5.74) is 4.86. The molecule has 0 spiro atoms. The molecule has 3 aromatic carbocycles. The number of aryl methyl sites for hydroxylation is 2. The van der Waals surface area contributed by atoms with E-state index in [4.69, 9.17) is 4.74 Å². The average molecular weight is 465 g/mol. The van der Waals surface area contributed by atoms with E-state index in [2.05, 4.69) is 4.98 Å². The summed E-state index contributed by atoms with van der Waals surface area (Å²) in [6.07, 6.45) is 3.54. The molecular formula is C29H24N2O4. The molecule has 0 aliphatic carbocycles. The van der Waals surface area contributed by atoms with Crippen molar-refractivity contribution < 1.29 is 19.4 Å². The van der Waals surface area contributed by atoms with Gasteiger partial charge in [0.1, 0.15) is 11.5 Å². The number of Topliss-reactive ketones (excluding diaryl/α,β-unsaturated/α-hetero) is 1. The molecule has 1 amide bonds. The van der Waals surface area contributed by atoms with E-state index in [9.17, 15) is 14.7 Å². The van der Waals surface area contributed by atoms with Crippen LogP contribution >= 0.6 is 0 Å². The third kappa shape index (κ3) is 3.41. The first-order valence-electron chi connectivity index (χ1n) is 11.7. The summed E-state index contributed by atoms with van der Waals surface area (Å²) >= 11 is 0. The molecule has 2 aliphatic heterocycles. The summed E-state index contributed by atoms with van der Waals surface area (Å²) in [6, 6.07) is 19.9. The van der Waals surface area contributed by atoms with Gasteiger partial charge in [-0.2, -0.15) is 0 Å². The van der Waals surface area contributed by atoms with Crippen LogP contribution < -0.4 is 9.64 Å². The zero-order valence-electron chi connectivity index (χ0n) is 19.2. The monoisotopic (exact) mass is 464 g/mol. The third-order valence-corrected chi connectivity index (χ3v) is 6.85. The summed E-state index contributed by atoms with van der Waals surface area (Å²) in [7, 11) is 0. The number of nitrogens with zero attached hydrogens (tertiary/aromatic N) is 1. The van der Waals surface area contributed by atoms with Crippen LogP contribution in [0.15, 0.2) is 78.5 Å². The van der Waals surface area contributed by atoms with Crippen LogP contribution in [-0.2, 0) is 16.0 Å². The van der Waals surface area contributed by atoms with Gasteiger partial charge >= 0.3 is 0 Å². The molecule has 1 unspecified atom stereocenters. The number of carbonyl (C=O) groups excluding carboxylic acids is 2. The van der Waals surface area contributed by atoms with Gasteiger partial charge in [0.15, 0.2) is 0 Å². The molecule has 174 valence electrons. The number of aromatic amines is 1. The zero-order chi connectivity index (χ0) is 24.1. The lowest BCUT2D eigenvalue weighted by Gasteiger charge is -2.25. The highest BCUT2D eigenvalue weighted by molar-refractivity contribution is 6.51. The van der Waals surface area contributed by atoms with E-state index < -0.39 is 17.7 Å². The van der Waals surface area contributed by atoms with Crippen LogP contribution in [0.5, 0.6) is 5.75 Å². The second kappa shape index (κ2) is 8.17. The van der Waals surface area contributed by atoms with Crippen molar-refractivity contribution in [1.29, 1.82) is 0 Å². The van der Waals surface area contributed by atoms with E-state index in [0.717, 1.165) is 46.2 Å². The minimum Gasteiger partial charge on any atom is -0.507 e. The normalized spacial score (nSPS) is 19.1. The molecule has 1 atom stereocenters. The van der Waals surface area contributed by atoms with Crippen molar-refractivity contribution >= 4 is 34.0 Å². The summed E-state index contributed by atoms with van der Waals surface area (Å²) in [6.45, 7) is 2.63. The number of aliphatic hydroxyl groups excluding tert-OH is 1. The van der Waals surface area contributed by atoms with Crippen molar-refractivity contribution in [3.05, 3.63) is 101 Å². The van der Waals surface area contributed by atoms with Gasteiger partial charge in [-0.15, -0.1) is 0 Å². The molecule has 0 saturated carbocycles. The lowest BCUT2D eigenvalue weighted by atomic mass is 9.93. The highest BCUT2D eigenvalue weighted by Gasteiger charge is 2.47. The molecule has 6 nitrogen and oxygen atoms in total. The fraction of sp³-hybridized carbons (Fsp3) is 0.172. The molecule has 35 heavy (non-hydrogen) atoms. The van der Waals surface area contributed by atoms with Gasteiger partial charge < -0.3 is 14.8 Å². The van der Waals surface area contributed by atoms with Crippen LogP contribution in [0.4, 0.5) is 5.69 Å². The Morgan fingerprint density at radius 1 is 1.06 bits per heavy atom. The quantitative estimate of drug-likeness (QED) is 0.241. The number of rotatable bonds is 3. The number of fused-ring (bicyclic) bond motifs is 2. The maximum absolute atomic E-state index is 13.5. The maximum Gasteiger partial charge on any atom is 0.300 e. The first-order chi connectivity index (χ1) is 17.0. The Bertz CT molecular complexity index is 1510. The minimum absolute atomic E-state index is 0.0806. The van der Waals surface area contributed by atoms with E-state index in [1.54, 1.807) is 6.07 Å². The molecule has 4 aromatic rings. The number of benzene rings is 3. The summed E-state index contributed by atoms with van der Waals surface area (Å²) in [4.78, 5) is 31.6. The van der Waals surface area contributed by atoms with Crippen molar-refractivity contribution in [2.24, 2.45) is 0 Å². The first-order valence-corrected chi connectivity index (χ1v) is 11.7. The van der Waals surface area contributed by atoms with Gasteiger partial charge in [0, 0.05) is 33.9 Å². The van der Waals surface area contributed by atoms with Crippen molar-refractivity contribution in [2.75, 3.05) is 11.5 Å². The number of amides is 1. The number of nitrogens with one attached hydrogen (secondary N) is 1. The SMILES string of the molecule is Cc1ccc(N2C(=O)C(=O)/C(=C(/O)c3ccc4c(c3)CCCO4)C2c2c[nH]c3ccccc23)cc1. The number of para-hydroxylation sites is 1. The molecular weight excluding hydrogens is 440 g/mol. The number of aliphatic hydroxyl groups is 1. The number of carbonyl (C=O) groups is 2. The zero-order valence-corrected chi connectivity index (χ0v) is 19.2. The molecule has 2 N–H and O–H groups in total. The van der Waals surface area contributed by atoms with E-state index in [1.165, 1.54) is 4.90 Å². The number of anilines is 1. The standard InChI is InChI=1S/C29H24N2O4/c1-17-8-11-20(12-9-17)31-26(22-16-30-23-7-3-2-6-21(22)23)25(28(33)29(31)34)27(32)19-10-13-24-18(15-19)5-4-14-35-24/h2-3,6-13,15-16,26,30,32H,4-5,14H2,1H3/b27-25+. The van der Waals surface area contributed by atoms with E-state index in [-0.39, 0.29) is 11.3 Å². The van der Waals surface area contributed by atoms with Gasteiger partial charge in [0.25, 0.3) is 11.7 Å². The molecule has 6 heteroatoms. The number of ether oxygens (including phenoxy) is 1. The lowest BCUT2D eigenvalue weighted by Crippen LogP contribution is -2.29. The number of ketones is 1. The predicted molar refractivity (Wildman–Crippen MR) is 135 cm³/mol. The summed E-state index contributed by atoms with van der Waals surface area (Å²) in [5, 5.41) is 12.4. The second-order valence-electron chi connectivity index (χ2n) is 9.07. The van der Waals surface area contributed by atoms with Gasteiger partial charge in [-0.1, -0.05) is 35.9 Å². The van der Waals surface area contributed by atoms with Crippen molar-refractivity contribution in [3.8, 4) is 5.75 Å². The first kappa shape index (κ1) is 21.2. The molecule has 3 heterocycles. The van der Waals surface area contributed by atoms with Crippen LogP contribution in [0.1, 0.15) is 34.7 Å². The van der Waals surface area contributed by atoms with E-state index in [0.29, 0.717) is 17.9 Å². The molecule has 6 rings (SSSR count). The Balaban J connectivity index is 1.57. The Kier molecular flexibility index (Phi) is 4.95. The Morgan fingerprint density at radius 3 is 2.69 bits per heavy atom.